The lowest BCUT2D eigenvalue weighted by Gasteiger charge is -2.12. The van der Waals surface area contributed by atoms with Gasteiger partial charge in [0.1, 0.15) is 0 Å². The van der Waals surface area contributed by atoms with E-state index < -0.39 is 0 Å². The third kappa shape index (κ3) is 4.57. The maximum absolute atomic E-state index is 11.6. The highest BCUT2D eigenvalue weighted by Crippen LogP contribution is 2.10. The Bertz CT molecular complexity index is 430. The number of carbonyl (C=O) groups is 2. The number of benzene rings is 1. The summed E-state index contributed by atoms with van der Waals surface area (Å²) in [6, 6.07) is 7.32. The summed E-state index contributed by atoms with van der Waals surface area (Å²) in [5, 5.41) is 5.87. The summed E-state index contributed by atoms with van der Waals surface area (Å²) in [5.74, 6) is -0.0275. The quantitative estimate of drug-likeness (QED) is 0.759. The van der Waals surface area contributed by atoms with Crippen molar-refractivity contribution in [1.29, 1.82) is 0 Å². The minimum Gasteiger partial charge on any atom is -0.376 e. The van der Waals surface area contributed by atoms with Crippen LogP contribution in [0, 0.1) is 0 Å². The maximum atomic E-state index is 11.6. The maximum Gasteiger partial charge on any atom is 0.239 e. The van der Waals surface area contributed by atoms with Gasteiger partial charge in [-0.05, 0) is 32.4 Å². The van der Waals surface area contributed by atoms with Gasteiger partial charge in [0.05, 0.1) is 6.54 Å². The van der Waals surface area contributed by atoms with Crippen LogP contribution in [-0.4, -0.2) is 24.3 Å². The fraction of sp³-hybridized carbons (Fsp3) is 0.429. The first-order valence-corrected chi connectivity index (χ1v) is 6.17. The number of nitrogens with one attached hydrogen (secondary N) is 2. The minimum atomic E-state index is -0.0439. The van der Waals surface area contributed by atoms with Crippen LogP contribution in [0.1, 0.15) is 37.6 Å². The van der Waals surface area contributed by atoms with Gasteiger partial charge in [-0.3, -0.25) is 9.59 Å². The average molecular weight is 248 g/mol. The van der Waals surface area contributed by atoms with Crippen LogP contribution in [0.25, 0.3) is 0 Å². The number of carbonyl (C=O) groups excluding carboxylic acids is 2. The number of ketones is 1. The van der Waals surface area contributed by atoms with E-state index in [0.717, 1.165) is 12.1 Å². The molecule has 18 heavy (non-hydrogen) atoms. The lowest BCUT2D eigenvalue weighted by molar-refractivity contribution is -0.120. The first-order valence-electron chi connectivity index (χ1n) is 6.17. The van der Waals surface area contributed by atoms with Crippen LogP contribution < -0.4 is 10.6 Å². The molecule has 1 aromatic carbocycles. The fourth-order valence-corrected chi connectivity index (χ4v) is 1.46. The molecule has 0 aliphatic heterocycles. The largest absolute Gasteiger partial charge is 0.376 e. The van der Waals surface area contributed by atoms with E-state index in [1.807, 2.05) is 19.9 Å². The zero-order valence-electron chi connectivity index (χ0n) is 11.1. The van der Waals surface area contributed by atoms with Crippen molar-refractivity contribution >= 4 is 17.4 Å². The zero-order valence-corrected chi connectivity index (χ0v) is 11.1. The van der Waals surface area contributed by atoms with Crippen LogP contribution >= 0.6 is 0 Å². The van der Waals surface area contributed by atoms with Crippen LogP contribution in [-0.2, 0) is 4.79 Å². The number of hydrogen-bond donors (Lipinski definition) is 2. The van der Waals surface area contributed by atoms with Crippen LogP contribution in [0.5, 0.6) is 0 Å². The molecular formula is C14H20N2O2. The van der Waals surface area contributed by atoms with Crippen molar-refractivity contribution in [3.63, 3.8) is 0 Å². The second-order valence-electron chi connectivity index (χ2n) is 4.37. The van der Waals surface area contributed by atoms with Gasteiger partial charge in [0.25, 0.3) is 0 Å². The normalized spacial score (nSPS) is 11.7. The van der Waals surface area contributed by atoms with E-state index in [1.165, 1.54) is 6.92 Å². The Balaban J connectivity index is 2.50. The van der Waals surface area contributed by atoms with Gasteiger partial charge in [-0.25, -0.2) is 0 Å². The standard InChI is InChI=1S/C14H20N2O2/c1-4-10(2)16-14(18)9-15-13-7-5-6-12(8-13)11(3)17/h5-8,10,15H,4,9H2,1-3H3,(H,16,18). The molecule has 1 atom stereocenters. The molecule has 0 spiro atoms. The molecule has 1 aromatic rings. The highest BCUT2D eigenvalue weighted by atomic mass is 16.2. The molecule has 0 aliphatic carbocycles. The van der Waals surface area contributed by atoms with Crippen molar-refractivity contribution in [2.45, 2.75) is 33.2 Å². The Morgan fingerprint density at radius 1 is 1.33 bits per heavy atom. The van der Waals surface area contributed by atoms with E-state index >= 15 is 0 Å². The third-order valence-electron chi connectivity index (χ3n) is 2.74. The molecule has 0 radical (unpaired) electrons. The Morgan fingerprint density at radius 3 is 2.67 bits per heavy atom. The van der Waals surface area contributed by atoms with Crippen molar-refractivity contribution in [1.82, 2.24) is 5.32 Å². The predicted octanol–water partition coefficient (Wildman–Crippen LogP) is 2.22. The lowest BCUT2D eigenvalue weighted by Crippen LogP contribution is -2.36. The van der Waals surface area contributed by atoms with E-state index in [1.54, 1.807) is 18.2 Å². The highest BCUT2D eigenvalue weighted by Gasteiger charge is 2.05. The first kappa shape index (κ1) is 14.2. The second-order valence-corrected chi connectivity index (χ2v) is 4.37. The monoisotopic (exact) mass is 248 g/mol. The summed E-state index contributed by atoms with van der Waals surface area (Å²) in [6.07, 6.45) is 0.908. The molecule has 4 heteroatoms. The van der Waals surface area contributed by atoms with E-state index in [4.69, 9.17) is 0 Å². The molecule has 0 saturated carbocycles. The molecule has 0 bridgehead atoms. The number of hydrogen-bond acceptors (Lipinski definition) is 3. The van der Waals surface area contributed by atoms with Crippen molar-refractivity contribution in [2.24, 2.45) is 0 Å². The summed E-state index contributed by atoms with van der Waals surface area (Å²) in [6.45, 7) is 5.73. The van der Waals surface area contributed by atoms with Gasteiger partial charge in [-0.2, -0.15) is 0 Å². The second kappa shape index (κ2) is 6.79. The molecule has 1 unspecified atom stereocenters. The van der Waals surface area contributed by atoms with E-state index in [2.05, 4.69) is 10.6 Å². The summed E-state index contributed by atoms with van der Waals surface area (Å²) < 4.78 is 0. The molecule has 0 aromatic heterocycles. The number of anilines is 1. The molecule has 4 nitrogen and oxygen atoms in total. The Hall–Kier alpha value is -1.84. The summed E-state index contributed by atoms with van der Waals surface area (Å²) in [7, 11) is 0. The molecule has 0 saturated heterocycles. The highest BCUT2D eigenvalue weighted by molar-refractivity contribution is 5.95. The van der Waals surface area contributed by atoms with Crippen molar-refractivity contribution < 1.29 is 9.59 Å². The number of Topliss-reactive ketones (excluding diaryl/α,β-unsaturated/α-hetero) is 1. The average Bonchev–Trinajstić information content (AvgIpc) is 2.36. The Morgan fingerprint density at radius 2 is 2.06 bits per heavy atom. The summed E-state index contributed by atoms with van der Waals surface area (Å²) in [4.78, 5) is 22.8. The van der Waals surface area contributed by atoms with Crippen molar-refractivity contribution in [2.75, 3.05) is 11.9 Å². The lowest BCUT2D eigenvalue weighted by atomic mass is 10.1. The predicted molar refractivity (Wildman–Crippen MR) is 72.8 cm³/mol. The van der Waals surface area contributed by atoms with Gasteiger partial charge in [-0.15, -0.1) is 0 Å². The molecule has 0 fully saturated rings. The van der Waals surface area contributed by atoms with Gasteiger partial charge >= 0.3 is 0 Å². The topological polar surface area (TPSA) is 58.2 Å². The molecular weight excluding hydrogens is 228 g/mol. The van der Waals surface area contributed by atoms with Gasteiger partial charge in [0.15, 0.2) is 5.78 Å². The fourth-order valence-electron chi connectivity index (χ4n) is 1.46. The third-order valence-corrected chi connectivity index (χ3v) is 2.74. The van der Waals surface area contributed by atoms with Crippen molar-refractivity contribution in [3.8, 4) is 0 Å². The SMILES string of the molecule is CCC(C)NC(=O)CNc1cccc(C(C)=O)c1. The van der Waals surface area contributed by atoms with E-state index in [9.17, 15) is 9.59 Å². The molecule has 98 valence electrons. The Labute approximate surface area is 108 Å². The Kier molecular flexibility index (Phi) is 5.36. The van der Waals surface area contributed by atoms with Crippen LogP contribution in [0.3, 0.4) is 0 Å². The van der Waals surface area contributed by atoms with Gasteiger partial charge < -0.3 is 10.6 Å². The summed E-state index contributed by atoms with van der Waals surface area (Å²) in [5.41, 5.74) is 1.42. The minimum absolute atomic E-state index is 0.0164. The summed E-state index contributed by atoms with van der Waals surface area (Å²) >= 11 is 0. The molecule has 2 N–H and O–H groups in total. The van der Waals surface area contributed by atoms with Crippen LogP contribution in [0.15, 0.2) is 24.3 Å². The van der Waals surface area contributed by atoms with Gasteiger partial charge in [-0.1, -0.05) is 19.1 Å². The number of amides is 1. The molecule has 0 aliphatic rings. The van der Waals surface area contributed by atoms with Gasteiger partial charge in [0.2, 0.25) is 5.91 Å². The zero-order chi connectivity index (χ0) is 13.5. The molecule has 1 amide bonds. The van der Waals surface area contributed by atoms with Crippen molar-refractivity contribution in [3.05, 3.63) is 29.8 Å². The van der Waals surface area contributed by atoms with E-state index in [-0.39, 0.29) is 24.3 Å². The number of rotatable bonds is 6. The van der Waals surface area contributed by atoms with Gasteiger partial charge in [0, 0.05) is 17.3 Å². The smallest absolute Gasteiger partial charge is 0.239 e. The van der Waals surface area contributed by atoms with E-state index in [0.29, 0.717) is 5.56 Å². The van der Waals surface area contributed by atoms with Crippen LogP contribution in [0.4, 0.5) is 5.69 Å². The first-order chi connectivity index (χ1) is 8.52. The van der Waals surface area contributed by atoms with Crippen LogP contribution in [0.2, 0.25) is 0 Å². The molecule has 1 rings (SSSR count). The molecule has 0 heterocycles.